The minimum absolute atomic E-state index is 0.666. The highest BCUT2D eigenvalue weighted by Gasteiger charge is 2.37. The van der Waals surface area contributed by atoms with E-state index in [4.69, 9.17) is 25.5 Å². The Balaban J connectivity index is 4.33. The molecule has 0 fully saturated rings. The van der Waals surface area contributed by atoms with Crippen LogP contribution in [-0.2, 0) is 4.74 Å². The highest BCUT2D eigenvalue weighted by molar-refractivity contribution is 4.86. The molecule has 1 unspecified atom stereocenters. The van der Waals surface area contributed by atoms with Gasteiger partial charge in [-0.05, 0) is 0 Å². The Kier molecular flexibility index (Phi) is 5.31. The molecule has 0 rings (SSSR count). The lowest BCUT2D eigenvalue weighted by Crippen LogP contribution is -2.53. The summed E-state index contributed by atoms with van der Waals surface area (Å²) >= 11 is 0. The maximum Gasteiger partial charge on any atom is 0.145 e. The predicted octanol–water partition coefficient (Wildman–Crippen LogP) is -2.97. The van der Waals surface area contributed by atoms with Crippen LogP contribution in [0.1, 0.15) is 0 Å². The van der Waals surface area contributed by atoms with Gasteiger partial charge in [0.2, 0.25) is 0 Å². The van der Waals surface area contributed by atoms with Gasteiger partial charge in [0.25, 0.3) is 0 Å². The van der Waals surface area contributed by atoms with Gasteiger partial charge in [-0.3, -0.25) is 0 Å². The second-order valence-electron chi connectivity index (χ2n) is 2.35. The summed E-state index contributed by atoms with van der Waals surface area (Å²) in [6.45, 7) is -2.79. The Morgan fingerprint density at radius 2 is 1.58 bits per heavy atom. The largest absolute Gasteiger partial charge is 0.394 e. The molecule has 12 heavy (non-hydrogen) atoms. The van der Waals surface area contributed by atoms with Crippen molar-refractivity contribution in [3.05, 3.63) is 0 Å². The molecule has 0 spiro atoms. The van der Waals surface area contributed by atoms with E-state index in [0.717, 1.165) is 0 Å². The number of hydrogen-bond donors (Lipinski definition) is 5. The van der Waals surface area contributed by atoms with Gasteiger partial charge in [0.1, 0.15) is 18.5 Å². The summed E-state index contributed by atoms with van der Waals surface area (Å²) in [4.78, 5) is 0. The van der Waals surface area contributed by atoms with E-state index in [-0.39, 0.29) is 0 Å². The summed E-state index contributed by atoms with van der Waals surface area (Å²) in [7, 11) is 0. The van der Waals surface area contributed by atoms with Crippen molar-refractivity contribution < 1.29 is 30.3 Å². The number of hydrogen-bond acceptors (Lipinski definition) is 6. The molecular formula is C6H14O6. The van der Waals surface area contributed by atoms with Crippen LogP contribution in [0.3, 0.4) is 0 Å². The van der Waals surface area contributed by atoms with E-state index in [1.54, 1.807) is 0 Å². The van der Waals surface area contributed by atoms with Crippen LogP contribution in [-0.4, -0.2) is 63.9 Å². The number of aliphatic hydroxyl groups is 5. The summed E-state index contributed by atoms with van der Waals surface area (Å²) in [5.41, 5.74) is -1.69. The monoisotopic (exact) mass is 182 g/mol. The van der Waals surface area contributed by atoms with Crippen molar-refractivity contribution in [2.45, 2.75) is 11.7 Å². The molecule has 0 saturated carbocycles. The van der Waals surface area contributed by atoms with E-state index in [1.165, 1.54) is 0 Å². The van der Waals surface area contributed by atoms with E-state index >= 15 is 0 Å². The van der Waals surface area contributed by atoms with Crippen LogP contribution in [0.5, 0.6) is 0 Å². The molecule has 0 aliphatic carbocycles. The molecule has 0 saturated heterocycles. The lowest BCUT2D eigenvalue weighted by molar-refractivity contribution is -0.209. The molecule has 5 N–H and O–H groups in total. The van der Waals surface area contributed by atoms with Crippen LogP contribution in [0, 0.1) is 0 Å². The molecular weight excluding hydrogens is 168 g/mol. The summed E-state index contributed by atoms with van der Waals surface area (Å²) in [5, 5.41) is 43.5. The van der Waals surface area contributed by atoms with Crippen molar-refractivity contribution in [3.63, 3.8) is 0 Å². The van der Waals surface area contributed by atoms with Gasteiger partial charge >= 0.3 is 0 Å². The van der Waals surface area contributed by atoms with E-state index in [1.807, 2.05) is 0 Å². The standard InChI is InChI=1S/C6H14O6/c7-1-5(11)6(2-8,3-9)12-4-10/h5,7-11H,1-4H2. The van der Waals surface area contributed by atoms with Crippen LogP contribution in [0.25, 0.3) is 0 Å². The van der Waals surface area contributed by atoms with Crippen molar-refractivity contribution in [1.82, 2.24) is 0 Å². The lowest BCUT2D eigenvalue weighted by Gasteiger charge is -2.32. The van der Waals surface area contributed by atoms with Crippen LogP contribution < -0.4 is 0 Å². The molecule has 0 bridgehead atoms. The first-order valence-electron chi connectivity index (χ1n) is 3.42. The average Bonchev–Trinajstić information content (AvgIpc) is 2.13. The summed E-state index contributed by atoms with van der Waals surface area (Å²) in [5.74, 6) is 0. The summed E-state index contributed by atoms with van der Waals surface area (Å²) in [6, 6.07) is 0. The zero-order valence-corrected chi connectivity index (χ0v) is 6.55. The van der Waals surface area contributed by atoms with E-state index in [2.05, 4.69) is 4.74 Å². The molecule has 0 aromatic heterocycles. The highest BCUT2D eigenvalue weighted by Crippen LogP contribution is 2.14. The van der Waals surface area contributed by atoms with Gasteiger partial charge in [-0.25, -0.2) is 0 Å². The molecule has 0 radical (unpaired) electrons. The number of aliphatic hydroxyl groups excluding tert-OH is 5. The fourth-order valence-electron chi connectivity index (χ4n) is 0.743. The Bertz CT molecular complexity index is 113. The normalized spacial score (nSPS) is 14.8. The molecule has 0 aliphatic heterocycles. The average molecular weight is 182 g/mol. The Morgan fingerprint density at radius 3 is 1.83 bits per heavy atom. The van der Waals surface area contributed by atoms with Gasteiger partial charge < -0.3 is 30.3 Å². The smallest absolute Gasteiger partial charge is 0.145 e. The summed E-state index contributed by atoms with van der Waals surface area (Å²) in [6.07, 6.45) is -1.43. The third-order valence-electron chi connectivity index (χ3n) is 1.67. The Morgan fingerprint density at radius 1 is 1.08 bits per heavy atom. The zero-order chi connectivity index (χ0) is 9.61. The lowest BCUT2D eigenvalue weighted by atomic mass is 9.99. The van der Waals surface area contributed by atoms with Gasteiger partial charge in [-0.15, -0.1) is 0 Å². The van der Waals surface area contributed by atoms with Gasteiger partial charge in [0, 0.05) is 0 Å². The first-order valence-corrected chi connectivity index (χ1v) is 3.42. The Labute approximate surface area is 69.6 Å². The molecule has 74 valence electrons. The minimum atomic E-state index is -1.69. The number of ether oxygens (including phenoxy) is 1. The van der Waals surface area contributed by atoms with Crippen LogP contribution in [0.4, 0.5) is 0 Å². The molecule has 1 atom stereocenters. The van der Waals surface area contributed by atoms with Crippen molar-refractivity contribution in [2.24, 2.45) is 0 Å². The van der Waals surface area contributed by atoms with Crippen LogP contribution >= 0.6 is 0 Å². The quantitative estimate of drug-likeness (QED) is 0.280. The maximum absolute atomic E-state index is 9.09. The Hall–Kier alpha value is -0.240. The van der Waals surface area contributed by atoms with Crippen LogP contribution in [0.15, 0.2) is 0 Å². The highest BCUT2D eigenvalue weighted by atomic mass is 16.6. The third kappa shape index (κ3) is 2.37. The number of rotatable bonds is 6. The first-order chi connectivity index (χ1) is 5.66. The van der Waals surface area contributed by atoms with Gasteiger partial charge in [-0.2, -0.15) is 0 Å². The van der Waals surface area contributed by atoms with Gasteiger partial charge in [0.05, 0.1) is 19.8 Å². The van der Waals surface area contributed by atoms with Gasteiger partial charge in [0.15, 0.2) is 0 Å². The topological polar surface area (TPSA) is 110 Å². The fourth-order valence-corrected chi connectivity index (χ4v) is 0.743. The van der Waals surface area contributed by atoms with Gasteiger partial charge in [-0.1, -0.05) is 0 Å². The molecule has 0 amide bonds. The van der Waals surface area contributed by atoms with Crippen molar-refractivity contribution in [1.29, 1.82) is 0 Å². The molecule has 0 aromatic rings. The summed E-state index contributed by atoms with van der Waals surface area (Å²) < 4.78 is 4.53. The second kappa shape index (κ2) is 5.41. The van der Waals surface area contributed by atoms with Crippen molar-refractivity contribution in [3.8, 4) is 0 Å². The molecule has 6 nitrogen and oxygen atoms in total. The molecule has 6 heteroatoms. The fraction of sp³-hybridized carbons (Fsp3) is 1.00. The molecule has 0 aromatic carbocycles. The predicted molar refractivity (Wildman–Crippen MR) is 38.2 cm³/mol. The van der Waals surface area contributed by atoms with E-state index in [9.17, 15) is 0 Å². The van der Waals surface area contributed by atoms with Crippen molar-refractivity contribution in [2.75, 3.05) is 26.6 Å². The zero-order valence-electron chi connectivity index (χ0n) is 6.55. The molecule has 0 aliphatic rings. The minimum Gasteiger partial charge on any atom is -0.394 e. The van der Waals surface area contributed by atoms with Crippen LogP contribution in [0.2, 0.25) is 0 Å². The maximum atomic E-state index is 9.09. The first kappa shape index (κ1) is 11.8. The third-order valence-corrected chi connectivity index (χ3v) is 1.67. The van der Waals surface area contributed by atoms with E-state index in [0.29, 0.717) is 0 Å². The van der Waals surface area contributed by atoms with Crippen molar-refractivity contribution >= 4 is 0 Å². The second-order valence-corrected chi connectivity index (χ2v) is 2.35. The van der Waals surface area contributed by atoms with E-state index < -0.39 is 38.3 Å². The molecule has 0 heterocycles. The SMILES string of the molecule is OCOC(CO)(CO)C(O)CO.